The van der Waals surface area contributed by atoms with Gasteiger partial charge in [0.05, 0.1) is 0 Å². The Hall–Kier alpha value is -3.04. The second-order valence-corrected chi connectivity index (χ2v) is 8.35. The van der Waals surface area contributed by atoms with E-state index in [0.29, 0.717) is 12.2 Å². The second kappa shape index (κ2) is 11.0. The smallest absolute Gasteiger partial charge is 0.407 e. The van der Waals surface area contributed by atoms with Crippen molar-refractivity contribution >= 4 is 29.7 Å². The predicted octanol–water partition coefficient (Wildman–Crippen LogP) is 3.17. The average Bonchev–Trinajstić information content (AvgIpc) is 3.12. The highest BCUT2D eigenvalue weighted by molar-refractivity contribution is 7.98. The van der Waals surface area contributed by atoms with Crippen LogP contribution in [0.1, 0.15) is 30.4 Å². The summed E-state index contributed by atoms with van der Waals surface area (Å²) in [6, 6.07) is 15.1. The van der Waals surface area contributed by atoms with Crippen LogP contribution in [-0.4, -0.2) is 53.8 Å². The molecule has 2 aromatic rings. The van der Waals surface area contributed by atoms with Gasteiger partial charge in [-0.3, -0.25) is 9.63 Å². The van der Waals surface area contributed by atoms with Crippen molar-refractivity contribution in [3.05, 3.63) is 59.7 Å². The standard InChI is InChI=1S/C23H26N2O6S/c1-14(22(27)28)31-25-21(26)20(11-12-32-2)24-23(29)30-13-19-17-9-5-3-7-15(17)16-8-4-6-10-18(16)19/h3-10,14,19-20H,11-13H2,1-2H3,(H,24,29)(H,25,26)(H,27,28). The molecule has 0 saturated heterocycles. The molecule has 9 heteroatoms. The Kier molecular flexibility index (Phi) is 8.13. The molecule has 32 heavy (non-hydrogen) atoms. The highest BCUT2D eigenvalue weighted by Gasteiger charge is 2.30. The summed E-state index contributed by atoms with van der Waals surface area (Å²) < 4.78 is 5.49. The quantitative estimate of drug-likeness (QED) is 0.469. The van der Waals surface area contributed by atoms with E-state index in [1.54, 1.807) is 0 Å². The molecule has 170 valence electrons. The topological polar surface area (TPSA) is 114 Å². The Morgan fingerprint density at radius 1 is 1.06 bits per heavy atom. The molecule has 0 bridgehead atoms. The summed E-state index contributed by atoms with van der Waals surface area (Å²) >= 11 is 1.52. The first-order valence-corrected chi connectivity index (χ1v) is 11.6. The molecule has 0 aromatic heterocycles. The van der Waals surface area contributed by atoms with Gasteiger partial charge in [-0.25, -0.2) is 15.1 Å². The molecule has 0 fully saturated rings. The maximum absolute atomic E-state index is 12.5. The normalized spacial score (nSPS) is 14.1. The van der Waals surface area contributed by atoms with Gasteiger partial charge in [0.1, 0.15) is 12.6 Å². The van der Waals surface area contributed by atoms with Crippen molar-refractivity contribution in [1.82, 2.24) is 10.8 Å². The first kappa shape index (κ1) is 23.6. The van der Waals surface area contributed by atoms with Crippen LogP contribution in [0, 0.1) is 0 Å². The third kappa shape index (κ3) is 5.60. The molecule has 0 aliphatic heterocycles. The predicted molar refractivity (Wildman–Crippen MR) is 121 cm³/mol. The molecule has 8 nitrogen and oxygen atoms in total. The van der Waals surface area contributed by atoms with Crippen molar-refractivity contribution in [3.63, 3.8) is 0 Å². The molecular weight excluding hydrogens is 432 g/mol. The third-order valence-electron chi connectivity index (χ3n) is 5.25. The Balaban J connectivity index is 1.61. The number of carbonyl (C=O) groups excluding carboxylic acids is 2. The fourth-order valence-corrected chi connectivity index (χ4v) is 4.03. The van der Waals surface area contributed by atoms with Crippen molar-refractivity contribution in [2.24, 2.45) is 0 Å². The van der Waals surface area contributed by atoms with Crippen LogP contribution in [0.2, 0.25) is 0 Å². The largest absolute Gasteiger partial charge is 0.479 e. The molecule has 1 aliphatic carbocycles. The van der Waals surface area contributed by atoms with Gasteiger partial charge in [0.25, 0.3) is 5.91 Å². The van der Waals surface area contributed by atoms with Crippen LogP contribution in [0.25, 0.3) is 11.1 Å². The molecule has 0 saturated carbocycles. The number of fused-ring (bicyclic) bond motifs is 3. The number of hydrogen-bond acceptors (Lipinski definition) is 6. The molecular formula is C23H26N2O6S. The lowest BCUT2D eigenvalue weighted by molar-refractivity contribution is -0.159. The molecule has 0 heterocycles. The molecule has 3 rings (SSSR count). The molecule has 2 aromatic carbocycles. The fourth-order valence-electron chi connectivity index (χ4n) is 3.55. The number of thioether (sulfide) groups is 1. The summed E-state index contributed by atoms with van der Waals surface area (Å²) in [5, 5.41) is 11.4. The van der Waals surface area contributed by atoms with Gasteiger partial charge in [-0.2, -0.15) is 11.8 Å². The summed E-state index contributed by atoms with van der Waals surface area (Å²) in [6.45, 7) is 1.42. The summed E-state index contributed by atoms with van der Waals surface area (Å²) in [7, 11) is 0. The summed E-state index contributed by atoms with van der Waals surface area (Å²) in [5.74, 6) is -1.33. The maximum atomic E-state index is 12.5. The zero-order valence-electron chi connectivity index (χ0n) is 17.9. The van der Waals surface area contributed by atoms with Crippen LogP contribution in [0.3, 0.4) is 0 Å². The second-order valence-electron chi connectivity index (χ2n) is 7.37. The summed E-state index contributed by atoms with van der Waals surface area (Å²) in [5.41, 5.74) is 6.53. The van der Waals surface area contributed by atoms with E-state index in [9.17, 15) is 14.4 Å². The first-order valence-electron chi connectivity index (χ1n) is 10.2. The fraction of sp³-hybridized carbons (Fsp3) is 0.348. The average molecular weight is 459 g/mol. The number of aliphatic carboxylic acids is 1. The van der Waals surface area contributed by atoms with Crippen molar-refractivity contribution in [2.45, 2.75) is 31.4 Å². The molecule has 2 unspecified atom stereocenters. The number of alkyl carbamates (subject to hydrolysis) is 1. The first-order chi connectivity index (χ1) is 15.4. The van der Waals surface area contributed by atoms with Gasteiger partial charge in [0.2, 0.25) is 0 Å². The molecule has 2 atom stereocenters. The van der Waals surface area contributed by atoms with Crippen molar-refractivity contribution < 1.29 is 29.1 Å². The number of benzene rings is 2. The van der Waals surface area contributed by atoms with E-state index in [0.717, 1.165) is 22.3 Å². The Labute approximate surface area is 190 Å². The van der Waals surface area contributed by atoms with E-state index in [4.69, 9.17) is 14.7 Å². The number of rotatable bonds is 10. The number of hydrogen-bond donors (Lipinski definition) is 3. The van der Waals surface area contributed by atoms with Gasteiger partial charge in [-0.1, -0.05) is 48.5 Å². The van der Waals surface area contributed by atoms with E-state index in [1.807, 2.05) is 42.7 Å². The minimum Gasteiger partial charge on any atom is -0.479 e. The number of carboxylic acids is 1. The number of nitrogens with one attached hydrogen (secondary N) is 2. The SMILES string of the molecule is CSCCC(NC(=O)OCC1c2ccccc2-c2ccccc21)C(=O)NOC(C)C(=O)O. The van der Waals surface area contributed by atoms with E-state index in [-0.39, 0.29) is 12.5 Å². The van der Waals surface area contributed by atoms with Gasteiger partial charge in [-0.05, 0) is 47.6 Å². The Bertz CT molecular complexity index is 937. The lowest BCUT2D eigenvalue weighted by Crippen LogP contribution is -2.48. The number of hydroxylamine groups is 1. The zero-order valence-corrected chi connectivity index (χ0v) is 18.7. The zero-order chi connectivity index (χ0) is 23.1. The lowest BCUT2D eigenvalue weighted by Gasteiger charge is -2.20. The minimum absolute atomic E-state index is 0.0913. The maximum Gasteiger partial charge on any atom is 0.407 e. The van der Waals surface area contributed by atoms with Crippen LogP contribution in [0.15, 0.2) is 48.5 Å². The molecule has 3 N–H and O–H groups in total. The van der Waals surface area contributed by atoms with Crippen LogP contribution in [-0.2, 0) is 19.2 Å². The van der Waals surface area contributed by atoms with Gasteiger partial charge < -0.3 is 15.2 Å². The van der Waals surface area contributed by atoms with E-state index >= 15 is 0 Å². The van der Waals surface area contributed by atoms with Gasteiger partial charge in [0, 0.05) is 5.92 Å². The Morgan fingerprint density at radius 2 is 1.66 bits per heavy atom. The van der Waals surface area contributed by atoms with E-state index < -0.39 is 30.1 Å². The number of ether oxygens (including phenoxy) is 1. The van der Waals surface area contributed by atoms with Crippen molar-refractivity contribution in [2.75, 3.05) is 18.6 Å². The minimum atomic E-state index is -1.21. The monoisotopic (exact) mass is 458 g/mol. The van der Waals surface area contributed by atoms with E-state index in [2.05, 4.69) is 22.9 Å². The van der Waals surface area contributed by atoms with Crippen LogP contribution in [0.4, 0.5) is 4.79 Å². The summed E-state index contributed by atoms with van der Waals surface area (Å²) in [4.78, 5) is 40.6. The molecule has 0 spiro atoms. The van der Waals surface area contributed by atoms with Crippen LogP contribution < -0.4 is 10.8 Å². The lowest BCUT2D eigenvalue weighted by atomic mass is 9.98. The Morgan fingerprint density at radius 3 is 2.22 bits per heavy atom. The van der Waals surface area contributed by atoms with Crippen molar-refractivity contribution in [1.29, 1.82) is 0 Å². The van der Waals surface area contributed by atoms with Gasteiger partial charge in [-0.15, -0.1) is 0 Å². The number of amides is 2. The molecule has 1 aliphatic rings. The van der Waals surface area contributed by atoms with Crippen LogP contribution >= 0.6 is 11.8 Å². The highest BCUT2D eigenvalue weighted by atomic mass is 32.2. The van der Waals surface area contributed by atoms with Gasteiger partial charge >= 0.3 is 12.1 Å². The summed E-state index contributed by atoms with van der Waals surface area (Å²) in [6.07, 6.45) is 0.279. The molecule has 2 amide bonds. The number of carboxylic acid groups (broad SMARTS) is 1. The van der Waals surface area contributed by atoms with E-state index in [1.165, 1.54) is 18.7 Å². The van der Waals surface area contributed by atoms with Crippen molar-refractivity contribution in [3.8, 4) is 11.1 Å². The third-order valence-corrected chi connectivity index (χ3v) is 5.89. The van der Waals surface area contributed by atoms with Crippen LogP contribution in [0.5, 0.6) is 0 Å². The van der Waals surface area contributed by atoms with Gasteiger partial charge in [0.15, 0.2) is 6.10 Å². The highest BCUT2D eigenvalue weighted by Crippen LogP contribution is 2.44. The molecule has 0 radical (unpaired) electrons. The number of carbonyl (C=O) groups is 3.